The van der Waals surface area contributed by atoms with Crippen molar-refractivity contribution < 1.29 is 17.9 Å². The molecule has 3 aromatic rings. The average molecular weight is 541 g/mol. The number of ether oxygens (including phenoxy) is 1. The molecule has 4 heterocycles. The van der Waals surface area contributed by atoms with Crippen molar-refractivity contribution in [2.24, 2.45) is 0 Å². The Kier molecular flexibility index (Phi) is 6.73. The standard InChI is InChI=1S/C22H25ClN4O4S3/c1-2-31-16-6-3-7-17-20(16)24-22(32-17)26-13-11-25(12-14-26)21(28)15-5-4-10-27(15)34(29,30)19-9-8-18(23)33-19/h3,6-9,15H,2,4-5,10-14H2,1H3. The summed E-state index contributed by atoms with van der Waals surface area (Å²) in [5.41, 5.74) is 0.864. The topological polar surface area (TPSA) is 83.0 Å². The SMILES string of the molecule is CCOc1cccc2sc(N3CCN(C(=O)C4CCCN4S(=O)(=O)c4ccc(Cl)s4)CC3)nc12. The summed E-state index contributed by atoms with van der Waals surface area (Å²) in [4.78, 5) is 22.1. The van der Waals surface area contributed by atoms with E-state index in [1.165, 1.54) is 10.4 Å². The molecule has 2 fully saturated rings. The highest BCUT2D eigenvalue weighted by molar-refractivity contribution is 7.91. The predicted octanol–water partition coefficient (Wildman–Crippen LogP) is 3.91. The molecule has 0 spiro atoms. The Balaban J connectivity index is 1.27. The summed E-state index contributed by atoms with van der Waals surface area (Å²) in [6.45, 7) is 5.24. The number of para-hydroxylation sites is 1. The fraction of sp³-hybridized carbons (Fsp3) is 0.455. The number of thiophene rings is 1. The number of rotatable bonds is 6. The molecule has 0 radical (unpaired) electrons. The van der Waals surface area contributed by atoms with Crippen molar-refractivity contribution in [1.29, 1.82) is 0 Å². The van der Waals surface area contributed by atoms with Crippen molar-refractivity contribution in [1.82, 2.24) is 14.2 Å². The molecule has 12 heteroatoms. The second-order valence-electron chi connectivity index (χ2n) is 8.18. The van der Waals surface area contributed by atoms with E-state index in [1.807, 2.05) is 25.1 Å². The second-order valence-corrected chi connectivity index (χ2v) is 13.0. The molecule has 0 N–H and O–H groups in total. The third-order valence-electron chi connectivity index (χ3n) is 6.13. The lowest BCUT2D eigenvalue weighted by Gasteiger charge is -2.37. The van der Waals surface area contributed by atoms with Gasteiger partial charge in [0.05, 0.1) is 15.6 Å². The maximum atomic E-state index is 13.3. The number of fused-ring (bicyclic) bond motifs is 1. The Morgan fingerprint density at radius 2 is 1.94 bits per heavy atom. The summed E-state index contributed by atoms with van der Waals surface area (Å²) in [6, 6.07) is 8.36. The van der Waals surface area contributed by atoms with Crippen LogP contribution in [0.3, 0.4) is 0 Å². The first kappa shape index (κ1) is 23.8. The monoisotopic (exact) mass is 540 g/mol. The number of benzene rings is 1. The van der Waals surface area contributed by atoms with Gasteiger partial charge in [0.1, 0.15) is 21.5 Å². The molecule has 0 aliphatic carbocycles. The first-order valence-electron chi connectivity index (χ1n) is 11.2. The van der Waals surface area contributed by atoms with Crippen molar-refractivity contribution in [3.63, 3.8) is 0 Å². The summed E-state index contributed by atoms with van der Waals surface area (Å²) < 4.78 is 35.0. The fourth-order valence-corrected chi connectivity index (χ4v) is 8.77. The molecule has 8 nitrogen and oxygen atoms in total. The Hall–Kier alpha value is -1.92. The van der Waals surface area contributed by atoms with Crippen molar-refractivity contribution in [2.45, 2.75) is 30.0 Å². The molecular weight excluding hydrogens is 516 g/mol. The van der Waals surface area contributed by atoms with Gasteiger partial charge in [0.2, 0.25) is 5.91 Å². The van der Waals surface area contributed by atoms with Gasteiger partial charge in [0.25, 0.3) is 10.0 Å². The minimum absolute atomic E-state index is 0.119. The van der Waals surface area contributed by atoms with Crippen molar-refractivity contribution >= 4 is 65.6 Å². The Morgan fingerprint density at radius 1 is 1.15 bits per heavy atom. The zero-order valence-electron chi connectivity index (χ0n) is 18.6. The number of sulfonamides is 1. The maximum absolute atomic E-state index is 13.3. The summed E-state index contributed by atoms with van der Waals surface area (Å²) in [5, 5.41) is 0.911. The Labute approximate surface area is 211 Å². The largest absolute Gasteiger partial charge is 0.492 e. The van der Waals surface area contributed by atoms with Crippen LogP contribution in [0.5, 0.6) is 5.75 Å². The number of halogens is 1. The van der Waals surface area contributed by atoms with Gasteiger partial charge in [0.15, 0.2) is 5.13 Å². The molecule has 5 rings (SSSR count). The van der Waals surface area contributed by atoms with E-state index in [1.54, 1.807) is 22.3 Å². The van der Waals surface area contributed by atoms with E-state index in [-0.39, 0.29) is 10.1 Å². The first-order valence-corrected chi connectivity index (χ1v) is 14.7. The molecule has 2 saturated heterocycles. The molecule has 1 amide bonds. The predicted molar refractivity (Wildman–Crippen MR) is 136 cm³/mol. The van der Waals surface area contributed by atoms with Crippen LogP contribution in [0.15, 0.2) is 34.5 Å². The Bertz CT molecular complexity index is 1300. The smallest absolute Gasteiger partial charge is 0.253 e. The quantitative estimate of drug-likeness (QED) is 0.471. The molecule has 1 atom stereocenters. The molecule has 2 aromatic heterocycles. The lowest BCUT2D eigenvalue weighted by atomic mass is 10.2. The molecule has 34 heavy (non-hydrogen) atoms. The van der Waals surface area contributed by atoms with Gasteiger partial charge in [0, 0.05) is 32.7 Å². The van der Waals surface area contributed by atoms with Gasteiger partial charge >= 0.3 is 0 Å². The number of nitrogens with zero attached hydrogens (tertiary/aromatic N) is 4. The number of hydrogen-bond donors (Lipinski definition) is 0. The zero-order chi connectivity index (χ0) is 23.9. The summed E-state index contributed by atoms with van der Waals surface area (Å²) in [7, 11) is -3.74. The third-order valence-corrected chi connectivity index (χ3v) is 10.8. The van der Waals surface area contributed by atoms with Gasteiger partial charge in [-0.05, 0) is 44.0 Å². The molecule has 1 aromatic carbocycles. The minimum atomic E-state index is -3.74. The van der Waals surface area contributed by atoms with Crippen LogP contribution >= 0.6 is 34.3 Å². The van der Waals surface area contributed by atoms with Crippen molar-refractivity contribution in [3.8, 4) is 5.75 Å². The molecule has 2 aliphatic rings. The van der Waals surface area contributed by atoms with Crippen LogP contribution < -0.4 is 9.64 Å². The molecule has 0 saturated carbocycles. The zero-order valence-corrected chi connectivity index (χ0v) is 21.9. The fourth-order valence-electron chi connectivity index (χ4n) is 4.47. The highest BCUT2D eigenvalue weighted by Crippen LogP contribution is 2.35. The van der Waals surface area contributed by atoms with E-state index in [0.29, 0.717) is 56.5 Å². The van der Waals surface area contributed by atoms with Gasteiger partial charge in [-0.2, -0.15) is 4.31 Å². The summed E-state index contributed by atoms with van der Waals surface area (Å²) in [5.74, 6) is 0.664. The van der Waals surface area contributed by atoms with E-state index in [2.05, 4.69) is 4.90 Å². The molecule has 2 aliphatic heterocycles. The van der Waals surface area contributed by atoms with Gasteiger partial charge < -0.3 is 14.5 Å². The number of anilines is 1. The maximum Gasteiger partial charge on any atom is 0.253 e. The lowest BCUT2D eigenvalue weighted by molar-refractivity contribution is -0.134. The van der Waals surface area contributed by atoms with Gasteiger partial charge in [-0.15, -0.1) is 11.3 Å². The van der Waals surface area contributed by atoms with E-state index in [9.17, 15) is 13.2 Å². The number of thiazole rings is 1. The number of carbonyl (C=O) groups is 1. The summed E-state index contributed by atoms with van der Waals surface area (Å²) in [6.07, 6.45) is 1.21. The molecule has 0 bridgehead atoms. The van der Waals surface area contributed by atoms with Crippen LogP contribution in [-0.4, -0.2) is 73.9 Å². The molecule has 1 unspecified atom stereocenters. The Morgan fingerprint density at radius 3 is 2.65 bits per heavy atom. The number of hydrogen-bond acceptors (Lipinski definition) is 8. The van der Waals surface area contributed by atoms with Crippen molar-refractivity contribution in [3.05, 3.63) is 34.7 Å². The summed E-state index contributed by atoms with van der Waals surface area (Å²) >= 11 is 8.59. The van der Waals surface area contributed by atoms with Crippen molar-refractivity contribution in [2.75, 3.05) is 44.2 Å². The van der Waals surface area contributed by atoms with Crippen LogP contribution in [0.1, 0.15) is 19.8 Å². The highest BCUT2D eigenvalue weighted by atomic mass is 35.5. The lowest BCUT2D eigenvalue weighted by Crippen LogP contribution is -2.54. The normalized spacial score (nSPS) is 19.8. The van der Waals surface area contributed by atoms with Crippen LogP contribution in [0, 0.1) is 0 Å². The van der Waals surface area contributed by atoms with E-state index < -0.39 is 16.1 Å². The number of aromatic nitrogens is 1. The van der Waals surface area contributed by atoms with Gasteiger partial charge in [-0.3, -0.25) is 4.79 Å². The van der Waals surface area contributed by atoms with Crippen LogP contribution in [0.2, 0.25) is 4.34 Å². The first-order chi connectivity index (χ1) is 16.4. The second kappa shape index (κ2) is 9.62. The highest BCUT2D eigenvalue weighted by Gasteiger charge is 2.42. The van der Waals surface area contributed by atoms with Gasteiger partial charge in [-0.1, -0.05) is 29.0 Å². The molecular formula is C22H25ClN4O4S3. The average Bonchev–Trinajstić information content (AvgIpc) is 3.58. The molecule has 182 valence electrons. The third kappa shape index (κ3) is 4.39. The van der Waals surface area contributed by atoms with E-state index in [0.717, 1.165) is 32.4 Å². The van der Waals surface area contributed by atoms with Crippen LogP contribution in [-0.2, 0) is 14.8 Å². The number of amides is 1. The van der Waals surface area contributed by atoms with Crippen LogP contribution in [0.4, 0.5) is 5.13 Å². The number of carbonyl (C=O) groups excluding carboxylic acids is 1. The van der Waals surface area contributed by atoms with E-state index in [4.69, 9.17) is 21.3 Å². The van der Waals surface area contributed by atoms with E-state index >= 15 is 0 Å². The number of piperazine rings is 1. The minimum Gasteiger partial charge on any atom is -0.492 e. The van der Waals surface area contributed by atoms with Gasteiger partial charge in [-0.25, -0.2) is 13.4 Å². The van der Waals surface area contributed by atoms with Crippen LogP contribution in [0.25, 0.3) is 10.2 Å².